The molecule has 0 bridgehead atoms. The molecule has 56 heavy (non-hydrogen) atoms. The molecule has 7 nitrogen and oxygen atoms in total. The molecule has 0 aliphatic heterocycles. The number of carbonyl (C=O) groups excluding carboxylic acids is 2. The predicted octanol–water partition coefficient (Wildman–Crippen LogP) is 13.3. The molecule has 0 aliphatic carbocycles. The Labute approximate surface area is 348 Å². The second-order valence-electron chi connectivity index (χ2n) is 17.2. The Bertz CT molecular complexity index is 824. The summed E-state index contributed by atoms with van der Waals surface area (Å²) in [5.74, 6) is 0.126. The number of aliphatic hydroxyl groups is 2. The van der Waals surface area contributed by atoms with Gasteiger partial charge in [0.25, 0.3) is 0 Å². The molecule has 334 valence electrons. The normalized spacial score (nSPS) is 13.3. The molecule has 7 heteroatoms. The quantitative estimate of drug-likeness (QED) is 0.0468. The van der Waals surface area contributed by atoms with Gasteiger partial charge >= 0.3 is 11.9 Å². The van der Waals surface area contributed by atoms with Crippen LogP contribution in [0.15, 0.2) is 0 Å². The van der Waals surface area contributed by atoms with Gasteiger partial charge in [-0.1, -0.05) is 169 Å². The molecule has 2 unspecified atom stereocenters. The van der Waals surface area contributed by atoms with Crippen molar-refractivity contribution in [3.05, 3.63) is 0 Å². The smallest absolute Gasteiger partial charge is 0.308 e. The zero-order valence-electron chi connectivity index (χ0n) is 38.0. The fourth-order valence-corrected chi connectivity index (χ4v) is 7.90. The number of ether oxygens (including phenoxy) is 2. The molecule has 0 aromatic rings. The van der Waals surface area contributed by atoms with Crippen LogP contribution in [-0.2, 0) is 19.1 Å². The van der Waals surface area contributed by atoms with Crippen LogP contribution in [0.25, 0.3) is 0 Å². The van der Waals surface area contributed by atoms with E-state index < -0.39 is 6.10 Å². The van der Waals surface area contributed by atoms with Gasteiger partial charge in [-0.05, 0) is 90.1 Å². The van der Waals surface area contributed by atoms with Crippen molar-refractivity contribution < 1.29 is 29.3 Å². The summed E-state index contributed by atoms with van der Waals surface area (Å²) in [6.45, 7) is 12.7. The average Bonchev–Trinajstić information content (AvgIpc) is 3.19. The summed E-state index contributed by atoms with van der Waals surface area (Å²) >= 11 is 0. The topological polar surface area (TPSA) is 96.3 Å². The van der Waals surface area contributed by atoms with Crippen molar-refractivity contribution in [3.8, 4) is 0 Å². The lowest BCUT2D eigenvalue weighted by atomic mass is 9.94. The van der Waals surface area contributed by atoms with Crippen LogP contribution in [0.4, 0.5) is 0 Å². The van der Waals surface area contributed by atoms with Crippen molar-refractivity contribution in [1.82, 2.24) is 4.90 Å². The minimum atomic E-state index is -0.395. The van der Waals surface area contributed by atoms with E-state index in [0.717, 1.165) is 122 Å². The fourth-order valence-electron chi connectivity index (χ4n) is 7.90. The third-order valence-corrected chi connectivity index (χ3v) is 11.7. The summed E-state index contributed by atoms with van der Waals surface area (Å²) in [6.07, 6.45) is 37.3. The highest BCUT2D eigenvalue weighted by molar-refractivity contribution is 5.72. The van der Waals surface area contributed by atoms with Crippen molar-refractivity contribution in [3.63, 3.8) is 0 Å². The first-order chi connectivity index (χ1) is 27.4. The van der Waals surface area contributed by atoms with Gasteiger partial charge in [0.15, 0.2) is 0 Å². The molecule has 0 spiro atoms. The number of rotatable bonds is 45. The number of hydrogen-bond acceptors (Lipinski definition) is 7. The maximum absolute atomic E-state index is 13.0. The van der Waals surface area contributed by atoms with E-state index in [1.54, 1.807) is 0 Å². The molecular formula is C49H97NO6. The lowest BCUT2D eigenvalue weighted by Crippen LogP contribution is -2.34. The molecule has 0 aromatic heterocycles. The highest BCUT2D eigenvalue weighted by Gasteiger charge is 2.21. The van der Waals surface area contributed by atoms with Gasteiger partial charge in [0, 0.05) is 13.2 Å². The minimum Gasteiger partial charge on any atom is -0.465 e. The first-order valence-corrected chi connectivity index (χ1v) is 24.8. The Hall–Kier alpha value is -1.18. The zero-order chi connectivity index (χ0) is 41.2. The largest absolute Gasteiger partial charge is 0.465 e. The Kier molecular flexibility index (Phi) is 42.5. The third kappa shape index (κ3) is 35.9. The molecule has 3 atom stereocenters. The molecule has 0 saturated heterocycles. The van der Waals surface area contributed by atoms with E-state index in [1.807, 2.05) is 0 Å². The van der Waals surface area contributed by atoms with Crippen LogP contribution in [0.5, 0.6) is 0 Å². The van der Waals surface area contributed by atoms with E-state index in [0.29, 0.717) is 26.2 Å². The van der Waals surface area contributed by atoms with Crippen LogP contribution < -0.4 is 0 Å². The molecule has 0 heterocycles. The average molecular weight is 796 g/mol. The first-order valence-electron chi connectivity index (χ1n) is 24.8. The molecule has 0 saturated carbocycles. The number of aliphatic hydroxyl groups excluding tert-OH is 2. The van der Waals surface area contributed by atoms with Crippen LogP contribution in [0.3, 0.4) is 0 Å². The lowest BCUT2D eigenvalue weighted by Gasteiger charge is -2.25. The van der Waals surface area contributed by atoms with Gasteiger partial charge in [-0.25, -0.2) is 0 Å². The van der Waals surface area contributed by atoms with Crippen molar-refractivity contribution in [1.29, 1.82) is 0 Å². The van der Waals surface area contributed by atoms with Crippen LogP contribution in [-0.4, -0.2) is 72.6 Å². The van der Waals surface area contributed by atoms with Crippen molar-refractivity contribution in [2.75, 3.05) is 39.5 Å². The summed E-state index contributed by atoms with van der Waals surface area (Å²) in [4.78, 5) is 28.4. The van der Waals surface area contributed by atoms with Crippen LogP contribution in [0.2, 0.25) is 0 Å². The number of unbranched alkanes of at least 4 members (excludes halogenated alkanes) is 22. The number of carbonyl (C=O) groups is 2. The van der Waals surface area contributed by atoms with Crippen LogP contribution >= 0.6 is 0 Å². The Morgan fingerprint density at radius 2 is 0.750 bits per heavy atom. The van der Waals surface area contributed by atoms with Gasteiger partial charge in [-0.15, -0.1) is 0 Å². The van der Waals surface area contributed by atoms with Gasteiger partial charge < -0.3 is 24.6 Å². The van der Waals surface area contributed by atoms with E-state index >= 15 is 0 Å². The van der Waals surface area contributed by atoms with E-state index in [2.05, 4.69) is 32.6 Å². The van der Waals surface area contributed by atoms with Gasteiger partial charge in [-0.3, -0.25) is 9.59 Å². The Morgan fingerprint density at radius 3 is 1.18 bits per heavy atom. The maximum Gasteiger partial charge on any atom is 0.308 e. The second-order valence-corrected chi connectivity index (χ2v) is 17.2. The monoisotopic (exact) mass is 796 g/mol. The molecule has 0 aromatic carbocycles. The molecule has 2 N–H and O–H groups in total. The fraction of sp³-hybridized carbons (Fsp3) is 0.959. The molecule has 0 rings (SSSR count). The maximum atomic E-state index is 13.0. The number of nitrogens with zero attached hydrogens (tertiary/aromatic N) is 1. The van der Waals surface area contributed by atoms with E-state index in [1.165, 1.54) is 103 Å². The van der Waals surface area contributed by atoms with Gasteiger partial charge in [0.2, 0.25) is 0 Å². The summed E-state index contributed by atoms with van der Waals surface area (Å²) in [7, 11) is 0. The molecule has 0 amide bonds. The van der Waals surface area contributed by atoms with Crippen LogP contribution in [0, 0.1) is 11.8 Å². The number of esters is 2. The van der Waals surface area contributed by atoms with E-state index in [-0.39, 0.29) is 30.4 Å². The van der Waals surface area contributed by atoms with Crippen molar-refractivity contribution >= 4 is 11.9 Å². The second kappa shape index (κ2) is 43.4. The van der Waals surface area contributed by atoms with Crippen LogP contribution in [0.1, 0.15) is 246 Å². The van der Waals surface area contributed by atoms with Crippen molar-refractivity contribution in [2.24, 2.45) is 11.8 Å². The van der Waals surface area contributed by atoms with E-state index in [4.69, 9.17) is 9.47 Å². The Balaban J connectivity index is 4.55. The van der Waals surface area contributed by atoms with Gasteiger partial charge in [0.1, 0.15) is 0 Å². The number of hydrogen-bond donors (Lipinski definition) is 2. The molecule has 0 fully saturated rings. The molecule has 0 aliphatic rings. The summed E-state index contributed by atoms with van der Waals surface area (Å²) in [6, 6.07) is 0. The third-order valence-electron chi connectivity index (χ3n) is 11.7. The molecular weight excluding hydrogens is 699 g/mol. The minimum absolute atomic E-state index is 0.00619. The zero-order valence-corrected chi connectivity index (χ0v) is 38.0. The Morgan fingerprint density at radius 1 is 0.429 bits per heavy atom. The standard InChI is InChI=1S/C49H97NO6/c1-5-9-13-17-19-26-36-45(34-24-15-11-7-3)48(53)55-42-32-22-21-29-39-50(40-30-23-31-41-51)44-47(52)38-28-33-43-56-49(54)46(35-25-16-12-8-4)37-27-20-18-14-10-6-2/h45-47,51-52H,5-44H2,1-4H3/t45?,46?,47-/m0/s1. The first kappa shape index (κ1) is 54.8. The summed E-state index contributed by atoms with van der Waals surface area (Å²) in [5.41, 5.74) is 0. The van der Waals surface area contributed by atoms with Gasteiger partial charge in [0.05, 0.1) is 31.2 Å². The van der Waals surface area contributed by atoms with Gasteiger partial charge in [-0.2, -0.15) is 0 Å². The highest BCUT2D eigenvalue weighted by atomic mass is 16.5. The van der Waals surface area contributed by atoms with E-state index in [9.17, 15) is 19.8 Å². The highest BCUT2D eigenvalue weighted by Crippen LogP contribution is 2.22. The summed E-state index contributed by atoms with van der Waals surface area (Å²) in [5, 5.41) is 20.2. The lowest BCUT2D eigenvalue weighted by molar-refractivity contribution is -0.150. The predicted molar refractivity (Wildman–Crippen MR) is 238 cm³/mol. The van der Waals surface area contributed by atoms with Crippen molar-refractivity contribution in [2.45, 2.75) is 252 Å². The molecule has 0 radical (unpaired) electrons. The SMILES string of the molecule is CCCCCCCCC(CCCCCC)C(=O)OCCCCCCN(CCCCCO)C[C@@H](O)CCCCOC(=O)C(CCCCCC)CCCCCCCC. The summed E-state index contributed by atoms with van der Waals surface area (Å²) < 4.78 is 11.6.